The van der Waals surface area contributed by atoms with Gasteiger partial charge in [-0.2, -0.15) is 13.2 Å². The number of H-pyrrole nitrogens is 1. The normalized spacial score (nSPS) is 15.2. The van der Waals surface area contributed by atoms with E-state index in [0.717, 1.165) is 5.56 Å². The zero-order chi connectivity index (χ0) is 20.4. The molecule has 1 aliphatic rings. The molecule has 0 aliphatic carbocycles. The molecule has 2 N–H and O–H groups in total. The van der Waals surface area contributed by atoms with Crippen molar-refractivity contribution >= 4 is 16.9 Å². The summed E-state index contributed by atoms with van der Waals surface area (Å²) in [6.45, 7) is 0.618. The molecule has 0 bridgehead atoms. The van der Waals surface area contributed by atoms with Crippen molar-refractivity contribution in [2.75, 3.05) is 13.2 Å². The number of ether oxygens (including phenoxy) is 2. The van der Waals surface area contributed by atoms with Gasteiger partial charge in [0.05, 0.1) is 17.1 Å². The van der Waals surface area contributed by atoms with Gasteiger partial charge in [-0.15, -0.1) is 0 Å². The summed E-state index contributed by atoms with van der Waals surface area (Å²) in [5.41, 5.74) is 1.76. The summed E-state index contributed by atoms with van der Waals surface area (Å²) in [6.07, 6.45) is -3.33. The average molecular weight is 403 g/mol. The minimum Gasteiger partial charge on any atom is -0.494 e. The van der Waals surface area contributed by atoms with E-state index in [0.29, 0.717) is 12.2 Å². The van der Waals surface area contributed by atoms with Gasteiger partial charge in [0.25, 0.3) is 5.91 Å². The number of halogens is 3. The van der Waals surface area contributed by atoms with Gasteiger partial charge in [-0.1, -0.05) is 36.4 Å². The first kappa shape index (κ1) is 18.9. The number of carbonyl (C=O) groups excluding carboxylic acids is 1. The van der Waals surface area contributed by atoms with Crippen molar-refractivity contribution in [2.45, 2.75) is 12.2 Å². The van der Waals surface area contributed by atoms with Crippen LogP contribution in [0.5, 0.6) is 0 Å². The second-order valence-corrected chi connectivity index (χ2v) is 6.38. The number of rotatable bonds is 4. The third-order valence-corrected chi connectivity index (χ3v) is 4.39. The van der Waals surface area contributed by atoms with E-state index in [9.17, 15) is 18.0 Å². The lowest BCUT2D eigenvalue weighted by Gasteiger charge is -2.22. The van der Waals surface area contributed by atoms with Gasteiger partial charge in [-0.05, 0) is 23.3 Å². The van der Waals surface area contributed by atoms with E-state index < -0.39 is 23.9 Å². The lowest BCUT2D eigenvalue weighted by atomic mass is 9.98. The van der Waals surface area contributed by atoms with Crippen molar-refractivity contribution in [2.24, 2.45) is 0 Å². The van der Waals surface area contributed by atoms with Crippen molar-refractivity contribution in [3.8, 4) is 0 Å². The SMILES string of the molecule is O=C(N[C@@H](c1ccccc1)c1ccc2nc(C(F)(F)F)[nH]c2c1)C1=COCCO1. The van der Waals surface area contributed by atoms with E-state index in [4.69, 9.17) is 9.47 Å². The number of fused-ring (bicyclic) bond motifs is 1. The molecular formula is C20H16F3N3O3. The Bertz CT molecular complexity index is 1060. The van der Waals surface area contributed by atoms with Crippen molar-refractivity contribution in [1.82, 2.24) is 15.3 Å². The van der Waals surface area contributed by atoms with E-state index in [1.165, 1.54) is 12.3 Å². The van der Waals surface area contributed by atoms with Crippen LogP contribution >= 0.6 is 0 Å². The third-order valence-electron chi connectivity index (χ3n) is 4.39. The Morgan fingerprint density at radius 1 is 1.10 bits per heavy atom. The molecule has 1 aromatic heterocycles. The molecule has 0 spiro atoms. The first-order chi connectivity index (χ1) is 13.9. The average Bonchev–Trinajstić information content (AvgIpc) is 3.17. The second-order valence-electron chi connectivity index (χ2n) is 6.38. The van der Waals surface area contributed by atoms with Crippen molar-refractivity contribution in [1.29, 1.82) is 0 Å². The van der Waals surface area contributed by atoms with Gasteiger partial charge in [-0.3, -0.25) is 4.79 Å². The third kappa shape index (κ3) is 4.03. The number of alkyl halides is 3. The van der Waals surface area contributed by atoms with Crippen LogP contribution in [0.3, 0.4) is 0 Å². The summed E-state index contributed by atoms with van der Waals surface area (Å²) in [5, 5.41) is 2.85. The number of imidazole rings is 1. The van der Waals surface area contributed by atoms with Gasteiger partial charge in [-0.25, -0.2) is 4.98 Å². The number of hydrogen-bond acceptors (Lipinski definition) is 4. The highest BCUT2D eigenvalue weighted by molar-refractivity contribution is 5.92. The fourth-order valence-corrected chi connectivity index (χ4v) is 3.04. The van der Waals surface area contributed by atoms with Crippen LogP contribution in [0, 0.1) is 0 Å². The van der Waals surface area contributed by atoms with Crippen molar-refractivity contribution in [3.05, 3.63) is 77.5 Å². The van der Waals surface area contributed by atoms with Crippen LogP contribution < -0.4 is 5.32 Å². The molecule has 6 nitrogen and oxygen atoms in total. The van der Waals surface area contributed by atoms with E-state index in [1.807, 2.05) is 30.3 Å². The van der Waals surface area contributed by atoms with Crippen molar-refractivity contribution in [3.63, 3.8) is 0 Å². The molecule has 2 aromatic carbocycles. The molecule has 2 heterocycles. The van der Waals surface area contributed by atoms with Gasteiger partial charge in [0.15, 0.2) is 0 Å². The summed E-state index contributed by atoms with van der Waals surface area (Å²) in [7, 11) is 0. The van der Waals surface area contributed by atoms with Gasteiger partial charge < -0.3 is 19.8 Å². The molecule has 1 aliphatic heterocycles. The Hall–Kier alpha value is -3.49. The fourth-order valence-electron chi connectivity index (χ4n) is 3.04. The van der Waals surface area contributed by atoms with Crippen LogP contribution in [0.1, 0.15) is 23.0 Å². The second kappa shape index (κ2) is 7.50. The summed E-state index contributed by atoms with van der Waals surface area (Å²) < 4.78 is 49.3. The lowest BCUT2D eigenvalue weighted by Crippen LogP contribution is -2.32. The molecule has 0 fully saturated rings. The van der Waals surface area contributed by atoms with Crippen molar-refractivity contribution < 1.29 is 27.4 Å². The molecule has 1 atom stereocenters. The van der Waals surface area contributed by atoms with Crippen LogP contribution in [-0.2, 0) is 20.4 Å². The smallest absolute Gasteiger partial charge is 0.449 e. The predicted octanol–water partition coefficient (Wildman–Crippen LogP) is 3.68. The number of aromatic amines is 1. The van der Waals surface area contributed by atoms with Crippen LogP contribution in [0.4, 0.5) is 13.2 Å². The zero-order valence-corrected chi connectivity index (χ0v) is 15.0. The molecule has 3 aromatic rings. The van der Waals surface area contributed by atoms with Gasteiger partial charge >= 0.3 is 6.18 Å². The number of carbonyl (C=O) groups is 1. The number of nitrogens with zero attached hydrogens (tertiary/aromatic N) is 1. The van der Waals surface area contributed by atoms with Gasteiger partial charge in [0, 0.05) is 0 Å². The van der Waals surface area contributed by atoms with E-state index in [-0.39, 0.29) is 23.4 Å². The number of benzene rings is 2. The molecule has 150 valence electrons. The fraction of sp³-hybridized carbons (Fsp3) is 0.200. The topological polar surface area (TPSA) is 76.2 Å². The summed E-state index contributed by atoms with van der Waals surface area (Å²) in [4.78, 5) is 18.5. The maximum atomic E-state index is 12.9. The standard InChI is InChI=1S/C20H16F3N3O3/c21-20(22,23)19-24-14-7-6-13(10-15(14)25-19)17(12-4-2-1-3-5-12)26-18(27)16-11-28-8-9-29-16/h1-7,10-11,17H,8-9H2,(H,24,25)(H,26,27)/t17-/m0/s1. The van der Waals surface area contributed by atoms with Crippen LogP contribution in [0.2, 0.25) is 0 Å². The Morgan fingerprint density at radius 2 is 1.90 bits per heavy atom. The number of nitrogens with one attached hydrogen (secondary N) is 2. The van der Waals surface area contributed by atoms with Gasteiger partial charge in [0.1, 0.15) is 19.5 Å². The Balaban J connectivity index is 1.71. The molecule has 4 rings (SSSR count). The minimum absolute atomic E-state index is 0.0409. The molecule has 0 saturated heterocycles. The molecular weight excluding hydrogens is 387 g/mol. The lowest BCUT2D eigenvalue weighted by molar-refractivity contribution is -0.144. The monoisotopic (exact) mass is 403 g/mol. The van der Waals surface area contributed by atoms with E-state index >= 15 is 0 Å². The zero-order valence-electron chi connectivity index (χ0n) is 15.0. The van der Waals surface area contributed by atoms with Gasteiger partial charge in [0.2, 0.25) is 11.6 Å². The maximum absolute atomic E-state index is 12.9. The predicted molar refractivity (Wildman–Crippen MR) is 97.5 cm³/mol. The highest BCUT2D eigenvalue weighted by Gasteiger charge is 2.34. The highest BCUT2D eigenvalue weighted by atomic mass is 19.4. The highest BCUT2D eigenvalue weighted by Crippen LogP contribution is 2.30. The van der Waals surface area contributed by atoms with Crippen LogP contribution in [-0.4, -0.2) is 29.1 Å². The largest absolute Gasteiger partial charge is 0.494 e. The molecule has 0 radical (unpaired) electrons. The molecule has 0 unspecified atom stereocenters. The summed E-state index contributed by atoms with van der Waals surface area (Å²) in [5.74, 6) is -1.51. The number of amides is 1. The summed E-state index contributed by atoms with van der Waals surface area (Å²) in [6, 6.07) is 13.1. The molecule has 0 saturated carbocycles. The quantitative estimate of drug-likeness (QED) is 0.697. The maximum Gasteiger partial charge on any atom is 0.449 e. The number of aromatic nitrogens is 2. The first-order valence-corrected chi connectivity index (χ1v) is 8.79. The van der Waals surface area contributed by atoms with E-state index in [1.54, 1.807) is 12.1 Å². The number of hydrogen-bond donors (Lipinski definition) is 2. The molecule has 1 amide bonds. The molecule has 9 heteroatoms. The Morgan fingerprint density at radius 3 is 2.59 bits per heavy atom. The first-order valence-electron chi connectivity index (χ1n) is 8.79. The summed E-state index contributed by atoms with van der Waals surface area (Å²) >= 11 is 0. The van der Waals surface area contributed by atoms with Crippen LogP contribution in [0.25, 0.3) is 11.0 Å². The Labute approximate surface area is 163 Å². The van der Waals surface area contributed by atoms with E-state index in [2.05, 4.69) is 15.3 Å². The minimum atomic E-state index is -4.57. The molecule has 29 heavy (non-hydrogen) atoms. The van der Waals surface area contributed by atoms with Crippen LogP contribution in [0.15, 0.2) is 60.6 Å². The Kier molecular flexibility index (Phi) is 4.87.